The van der Waals surface area contributed by atoms with Gasteiger partial charge in [0.15, 0.2) is 5.82 Å². The number of rotatable bonds is 4. The van der Waals surface area contributed by atoms with Gasteiger partial charge in [0.05, 0.1) is 11.8 Å². The summed E-state index contributed by atoms with van der Waals surface area (Å²) in [6.07, 6.45) is -0.757. The van der Waals surface area contributed by atoms with Crippen LogP contribution >= 0.6 is 0 Å². The fraction of sp³-hybridized carbons (Fsp3) is 0.625. The van der Waals surface area contributed by atoms with Crippen LogP contribution in [0.4, 0.5) is 5.82 Å². The van der Waals surface area contributed by atoms with E-state index >= 15 is 0 Å². The molecular formula is C8H16N4O3S. The van der Waals surface area contributed by atoms with Gasteiger partial charge in [-0.25, -0.2) is 13.1 Å². The molecule has 0 aliphatic carbocycles. The van der Waals surface area contributed by atoms with E-state index in [0.29, 0.717) is 5.69 Å². The minimum atomic E-state index is -3.71. The maximum absolute atomic E-state index is 11.8. The van der Waals surface area contributed by atoms with Crippen molar-refractivity contribution < 1.29 is 13.5 Å². The van der Waals surface area contributed by atoms with Crippen molar-refractivity contribution in [3.05, 3.63) is 5.69 Å². The molecule has 1 aromatic rings. The normalized spacial score (nSPS) is 14.0. The summed E-state index contributed by atoms with van der Waals surface area (Å²) in [5.41, 5.74) is 5.98. The number of nitrogens with two attached hydrogens (primary N) is 1. The van der Waals surface area contributed by atoms with E-state index < -0.39 is 16.1 Å². The lowest BCUT2D eigenvalue weighted by Gasteiger charge is -2.08. The van der Waals surface area contributed by atoms with Crippen molar-refractivity contribution in [1.29, 1.82) is 0 Å². The summed E-state index contributed by atoms with van der Waals surface area (Å²) in [6, 6.07) is 0. The first-order valence-corrected chi connectivity index (χ1v) is 6.21. The van der Waals surface area contributed by atoms with Crippen LogP contribution in [0.15, 0.2) is 4.90 Å². The number of sulfonamides is 1. The molecule has 8 heteroatoms. The Morgan fingerprint density at radius 3 is 2.56 bits per heavy atom. The van der Waals surface area contributed by atoms with E-state index in [2.05, 4.69) is 9.82 Å². The van der Waals surface area contributed by atoms with Crippen molar-refractivity contribution in [3.8, 4) is 0 Å². The molecule has 0 fully saturated rings. The molecule has 0 saturated heterocycles. The van der Waals surface area contributed by atoms with Crippen LogP contribution in [0.25, 0.3) is 0 Å². The molecule has 92 valence electrons. The summed E-state index contributed by atoms with van der Waals surface area (Å²) in [5.74, 6) is -0.0434. The van der Waals surface area contributed by atoms with E-state index in [1.165, 1.54) is 11.6 Å². The van der Waals surface area contributed by atoms with Crippen molar-refractivity contribution in [2.45, 2.75) is 24.8 Å². The lowest BCUT2D eigenvalue weighted by Crippen LogP contribution is -2.31. The van der Waals surface area contributed by atoms with Gasteiger partial charge in [-0.3, -0.25) is 4.68 Å². The molecular weight excluding hydrogens is 232 g/mol. The highest BCUT2D eigenvalue weighted by Gasteiger charge is 2.24. The molecule has 7 nitrogen and oxygen atoms in total. The maximum atomic E-state index is 11.8. The van der Waals surface area contributed by atoms with Crippen molar-refractivity contribution in [3.63, 3.8) is 0 Å². The number of aliphatic hydroxyl groups is 1. The Balaban J connectivity index is 3.08. The predicted molar refractivity (Wildman–Crippen MR) is 59.2 cm³/mol. The van der Waals surface area contributed by atoms with Gasteiger partial charge in [0.2, 0.25) is 10.0 Å². The molecule has 0 radical (unpaired) electrons. The number of aryl methyl sites for hydroxylation is 1. The summed E-state index contributed by atoms with van der Waals surface area (Å²) < 4.78 is 27.3. The molecule has 0 unspecified atom stereocenters. The highest BCUT2D eigenvalue weighted by atomic mass is 32.2. The lowest BCUT2D eigenvalue weighted by molar-refractivity contribution is 0.198. The number of nitrogens with one attached hydrogen (secondary N) is 1. The molecule has 0 bridgehead atoms. The molecule has 0 saturated carbocycles. The van der Waals surface area contributed by atoms with E-state index in [0.717, 1.165) is 0 Å². The minimum Gasteiger partial charge on any atom is -0.392 e. The van der Waals surface area contributed by atoms with Crippen LogP contribution in [-0.4, -0.2) is 36.0 Å². The fourth-order valence-electron chi connectivity index (χ4n) is 1.25. The SMILES string of the molecule is Cc1c(S(=O)(=O)NC[C@H](C)O)c(N)nn1C. The van der Waals surface area contributed by atoms with E-state index in [-0.39, 0.29) is 17.3 Å². The molecule has 1 heterocycles. The monoisotopic (exact) mass is 248 g/mol. The molecule has 0 aliphatic rings. The van der Waals surface area contributed by atoms with Gasteiger partial charge in [-0.2, -0.15) is 5.10 Å². The maximum Gasteiger partial charge on any atom is 0.246 e. The first kappa shape index (κ1) is 12.9. The largest absolute Gasteiger partial charge is 0.392 e. The molecule has 0 amide bonds. The second kappa shape index (κ2) is 4.40. The zero-order chi connectivity index (χ0) is 12.5. The number of nitrogens with zero attached hydrogens (tertiary/aromatic N) is 2. The smallest absolute Gasteiger partial charge is 0.246 e. The second-order valence-corrected chi connectivity index (χ2v) is 5.33. The van der Waals surface area contributed by atoms with Crippen LogP contribution < -0.4 is 10.5 Å². The standard InChI is InChI=1S/C8H16N4O3S/c1-5(13)4-10-16(14,15)7-6(2)12(3)11-8(7)9/h5,10,13H,4H2,1-3H3,(H2,9,11)/t5-/m0/s1. The van der Waals surface area contributed by atoms with Crippen molar-refractivity contribution in [2.24, 2.45) is 7.05 Å². The number of anilines is 1. The summed E-state index contributed by atoms with van der Waals surface area (Å²) in [5, 5.41) is 12.8. The Kier molecular flexibility index (Phi) is 3.56. The Labute approximate surface area is 94.3 Å². The average Bonchev–Trinajstić information content (AvgIpc) is 2.38. The molecule has 1 atom stereocenters. The predicted octanol–water partition coefficient (Wildman–Crippen LogP) is -1.03. The second-order valence-electron chi connectivity index (χ2n) is 3.62. The zero-order valence-electron chi connectivity index (χ0n) is 9.43. The number of hydrogen-bond donors (Lipinski definition) is 3. The third-order valence-corrected chi connectivity index (χ3v) is 3.73. The van der Waals surface area contributed by atoms with E-state index in [1.54, 1.807) is 14.0 Å². The zero-order valence-corrected chi connectivity index (χ0v) is 10.2. The fourth-order valence-corrected chi connectivity index (χ4v) is 2.69. The van der Waals surface area contributed by atoms with E-state index in [9.17, 15) is 8.42 Å². The third kappa shape index (κ3) is 2.52. The van der Waals surface area contributed by atoms with Gasteiger partial charge in [0.1, 0.15) is 4.90 Å². The summed E-state index contributed by atoms with van der Waals surface area (Å²) in [7, 11) is -2.10. The van der Waals surface area contributed by atoms with Gasteiger partial charge in [0.25, 0.3) is 0 Å². The Bertz CT molecular complexity index is 478. The lowest BCUT2D eigenvalue weighted by atomic mass is 10.4. The molecule has 0 aromatic carbocycles. The van der Waals surface area contributed by atoms with Crippen LogP contribution in [-0.2, 0) is 17.1 Å². The third-order valence-electron chi connectivity index (χ3n) is 2.14. The van der Waals surface area contributed by atoms with Crippen molar-refractivity contribution in [2.75, 3.05) is 12.3 Å². The van der Waals surface area contributed by atoms with Gasteiger partial charge in [-0.1, -0.05) is 0 Å². The first-order chi connectivity index (χ1) is 7.25. The molecule has 4 N–H and O–H groups in total. The molecule has 0 spiro atoms. The van der Waals surface area contributed by atoms with Crippen LogP contribution in [0.3, 0.4) is 0 Å². The van der Waals surface area contributed by atoms with Gasteiger partial charge in [0, 0.05) is 13.6 Å². The Morgan fingerprint density at radius 2 is 2.19 bits per heavy atom. The average molecular weight is 248 g/mol. The van der Waals surface area contributed by atoms with Crippen LogP contribution in [0.2, 0.25) is 0 Å². The minimum absolute atomic E-state index is 0.0318. The molecule has 1 aromatic heterocycles. The number of nitrogen functional groups attached to an aromatic ring is 1. The Morgan fingerprint density at radius 1 is 1.62 bits per heavy atom. The van der Waals surface area contributed by atoms with Crippen LogP contribution in [0, 0.1) is 6.92 Å². The topological polar surface area (TPSA) is 110 Å². The Hall–Kier alpha value is -1.12. The molecule has 16 heavy (non-hydrogen) atoms. The number of hydrogen-bond acceptors (Lipinski definition) is 5. The summed E-state index contributed by atoms with van der Waals surface area (Å²) in [6.45, 7) is 3.04. The van der Waals surface area contributed by atoms with Crippen LogP contribution in [0.1, 0.15) is 12.6 Å². The highest BCUT2D eigenvalue weighted by Crippen LogP contribution is 2.20. The van der Waals surface area contributed by atoms with E-state index in [4.69, 9.17) is 10.8 Å². The number of aromatic nitrogens is 2. The van der Waals surface area contributed by atoms with Gasteiger partial charge < -0.3 is 10.8 Å². The number of aliphatic hydroxyl groups excluding tert-OH is 1. The highest BCUT2D eigenvalue weighted by molar-refractivity contribution is 7.89. The van der Waals surface area contributed by atoms with Gasteiger partial charge >= 0.3 is 0 Å². The summed E-state index contributed by atoms with van der Waals surface area (Å²) in [4.78, 5) is -0.0318. The van der Waals surface area contributed by atoms with Gasteiger partial charge in [-0.05, 0) is 13.8 Å². The first-order valence-electron chi connectivity index (χ1n) is 4.72. The quantitative estimate of drug-likeness (QED) is 0.631. The van der Waals surface area contributed by atoms with Crippen molar-refractivity contribution >= 4 is 15.8 Å². The van der Waals surface area contributed by atoms with Crippen molar-refractivity contribution in [1.82, 2.24) is 14.5 Å². The van der Waals surface area contributed by atoms with Crippen LogP contribution in [0.5, 0.6) is 0 Å². The van der Waals surface area contributed by atoms with E-state index in [1.807, 2.05) is 0 Å². The molecule has 0 aliphatic heterocycles. The summed E-state index contributed by atoms with van der Waals surface area (Å²) >= 11 is 0. The van der Waals surface area contributed by atoms with Gasteiger partial charge in [-0.15, -0.1) is 0 Å². The molecule has 1 rings (SSSR count).